The molecule has 18 heavy (non-hydrogen) atoms. The molecule has 3 aromatic rings. The Bertz CT molecular complexity index is 634. The van der Waals surface area contributed by atoms with Gasteiger partial charge in [-0.05, 0) is 31.4 Å². The van der Waals surface area contributed by atoms with Crippen molar-refractivity contribution in [3.05, 3.63) is 35.7 Å². The fourth-order valence-corrected chi connectivity index (χ4v) is 3.76. The number of benzene rings is 1. The van der Waals surface area contributed by atoms with Crippen LogP contribution in [0.25, 0.3) is 20.7 Å². The van der Waals surface area contributed by atoms with Crippen LogP contribution in [-0.4, -0.2) is 11.0 Å². The topological polar surface area (TPSA) is 24.9 Å². The number of anilines is 1. The number of rotatable bonds is 3. The fraction of sp³-hybridized carbons (Fsp3) is 0.214. The third-order valence-electron chi connectivity index (χ3n) is 2.59. The Hall–Kier alpha value is -1.39. The van der Waals surface area contributed by atoms with Crippen molar-refractivity contribution < 1.29 is 0 Å². The van der Waals surface area contributed by atoms with Crippen molar-refractivity contribution in [2.45, 2.75) is 19.9 Å². The fourth-order valence-electron chi connectivity index (χ4n) is 1.81. The number of nitrogens with one attached hydrogen (secondary N) is 1. The Kier molecular flexibility index (Phi) is 3.06. The second kappa shape index (κ2) is 4.71. The molecule has 3 rings (SSSR count). The molecule has 92 valence electrons. The van der Waals surface area contributed by atoms with Crippen LogP contribution >= 0.6 is 22.7 Å². The first-order valence-corrected chi connectivity index (χ1v) is 7.63. The van der Waals surface area contributed by atoms with Gasteiger partial charge in [-0.3, -0.25) is 0 Å². The third kappa shape index (κ3) is 2.26. The molecule has 0 bridgehead atoms. The summed E-state index contributed by atoms with van der Waals surface area (Å²) in [5.41, 5.74) is 1.07. The van der Waals surface area contributed by atoms with Crippen LogP contribution in [0, 0.1) is 0 Å². The number of aromatic nitrogens is 1. The predicted molar refractivity (Wildman–Crippen MR) is 81.7 cm³/mol. The number of hydrogen-bond donors (Lipinski definition) is 1. The van der Waals surface area contributed by atoms with Crippen LogP contribution in [0.2, 0.25) is 0 Å². The molecule has 1 N–H and O–H groups in total. The van der Waals surface area contributed by atoms with Gasteiger partial charge in [0.2, 0.25) is 0 Å². The summed E-state index contributed by atoms with van der Waals surface area (Å²) in [5, 5.41) is 7.75. The van der Waals surface area contributed by atoms with E-state index >= 15 is 0 Å². The molecule has 0 fully saturated rings. The summed E-state index contributed by atoms with van der Waals surface area (Å²) in [6.45, 7) is 4.25. The second-order valence-corrected chi connectivity index (χ2v) is 6.43. The first-order valence-electron chi connectivity index (χ1n) is 5.93. The molecule has 0 amide bonds. The van der Waals surface area contributed by atoms with E-state index in [1.54, 1.807) is 22.7 Å². The average molecular weight is 274 g/mol. The molecule has 0 unspecified atom stereocenters. The Labute approximate surface area is 114 Å². The van der Waals surface area contributed by atoms with E-state index in [1.807, 2.05) is 0 Å². The summed E-state index contributed by atoms with van der Waals surface area (Å²) in [5.74, 6) is 0. The molecular weight excluding hydrogens is 260 g/mol. The molecule has 0 radical (unpaired) electrons. The number of fused-ring (bicyclic) bond motifs is 1. The summed E-state index contributed by atoms with van der Waals surface area (Å²) in [6, 6.07) is 11.1. The smallest absolute Gasteiger partial charge is 0.183 e. The predicted octanol–water partition coefficient (Wildman–Crippen LogP) is 4.85. The molecule has 0 aliphatic rings. The molecule has 0 spiro atoms. The first kappa shape index (κ1) is 11.7. The maximum absolute atomic E-state index is 4.63. The summed E-state index contributed by atoms with van der Waals surface area (Å²) in [7, 11) is 0. The minimum atomic E-state index is 0.423. The van der Waals surface area contributed by atoms with E-state index in [1.165, 1.54) is 15.0 Å². The van der Waals surface area contributed by atoms with Crippen molar-refractivity contribution in [2.75, 3.05) is 5.32 Å². The van der Waals surface area contributed by atoms with Gasteiger partial charge >= 0.3 is 0 Å². The molecule has 2 heterocycles. The van der Waals surface area contributed by atoms with Gasteiger partial charge in [0.05, 0.1) is 10.6 Å². The highest BCUT2D eigenvalue weighted by molar-refractivity contribution is 7.22. The van der Waals surface area contributed by atoms with Crippen LogP contribution in [0.5, 0.6) is 0 Å². The van der Waals surface area contributed by atoms with Crippen LogP contribution < -0.4 is 5.32 Å². The van der Waals surface area contributed by atoms with Gasteiger partial charge in [0.25, 0.3) is 0 Å². The van der Waals surface area contributed by atoms with Crippen LogP contribution in [0.15, 0.2) is 35.7 Å². The van der Waals surface area contributed by atoms with Gasteiger partial charge in [0.1, 0.15) is 0 Å². The van der Waals surface area contributed by atoms with E-state index < -0.39 is 0 Å². The number of hydrogen-bond acceptors (Lipinski definition) is 4. The number of nitrogens with zero attached hydrogens (tertiary/aromatic N) is 1. The maximum atomic E-state index is 4.63. The highest BCUT2D eigenvalue weighted by Crippen LogP contribution is 2.34. The molecule has 2 nitrogen and oxygen atoms in total. The average Bonchev–Trinajstić information content (AvgIpc) is 2.93. The minimum absolute atomic E-state index is 0.423. The lowest BCUT2D eigenvalue weighted by atomic mass is 10.2. The van der Waals surface area contributed by atoms with Gasteiger partial charge in [-0.15, -0.1) is 22.7 Å². The van der Waals surface area contributed by atoms with E-state index in [0.717, 1.165) is 10.8 Å². The summed E-state index contributed by atoms with van der Waals surface area (Å²) in [4.78, 5) is 5.87. The van der Waals surface area contributed by atoms with Crippen molar-refractivity contribution in [2.24, 2.45) is 0 Å². The van der Waals surface area contributed by atoms with Gasteiger partial charge in [-0.1, -0.05) is 18.2 Å². The van der Waals surface area contributed by atoms with Gasteiger partial charge in [-0.2, -0.15) is 0 Å². The van der Waals surface area contributed by atoms with E-state index in [0.29, 0.717) is 6.04 Å². The van der Waals surface area contributed by atoms with Crippen molar-refractivity contribution in [3.63, 3.8) is 0 Å². The lowest BCUT2D eigenvalue weighted by Gasteiger charge is -2.04. The zero-order valence-electron chi connectivity index (χ0n) is 10.3. The molecule has 1 aromatic carbocycles. The normalized spacial score (nSPS) is 11.3. The Morgan fingerprint density at radius 3 is 2.83 bits per heavy atom. The van der Waals surface area contributed by atoms with Gasteiger partial charge < -0.3 is 5.32 Å². The zero-order valence-corrected chi connectivity index (χ0v) is 11.9. The van der Waals surface area contributed by atoms with Crippen molar-refractivity contribution in [1.82, 2.24) is 4.98 Å². The van der Waals surface area contributed by atoms with E-state index in [4.69, 9.17) is 0 Å². The lowest BCUT2D eigenvalue weighted by molar-refractivity contribution is 0.897. The summed E-state index contributed by atoms with van der Waals surface area (Å²) < 4.78 is 1.32. The second-order valence-electron chi connectivity index (χ2n) is 4.49. The van der Waals surface area contributed by atoms with Crippen molar-refractivity contribution in [3.8, 4) is 10.6 Å². The van der Waals surface area contributed by atoms with Gasteiger partial charge in [0, 0.05) is 16.1 Å². The monoisotopic (exact) mass is 274 g/mol. The minimum Gasteiger partial charge on any atom is -0.359 e. The Morgan fingerprint density at radius 2 is 2.06 bits per heavy atom. The van der Waals surface area contributed by atoms with Crippen LogP contribution in [0.4, 0.5) is 5.13 Å². The zero-order chi connectivity index (χ0) is 12.5. The lowest BCUT2D eigenvalue weighted by Crippen LogP contribution is -2.08. The van der Waals surface area contributed by atoms with E-state index in [-0.39, 0.29) is 0 Å². The molecule has 0 saturated carbocycles. The van der Waals surface area contributed by atoms with E-state index in [9.17, 15) is 0 Å². The summed E-state index contributed by atoms with van der Waals surface area (Å²) in [6.07, 6.45) is 0. The van der Waals surface area contributed by atoms with Crippen LogP contribution in [-0.2, 0) is 0 Å². The number of thiazole rings is 1. The van der Waals surface area contributed by atoms with E-state index in [2.05, 4.69) is 59.9 Å². The highest BCUT2D eigenvalue weighted by Gasteiger charge is 2.08. The number of thiophene rings is 1. The molecular formula is C14H14N2S2. The highest BCUT2D eigenvalue weighted by atomic mass is 32.1. The standard InChI is InChI=1S/C14H14N2S2/c1-9(2)15-14-16-11(8-17-14)13-7-10-5-3-4-6-12(10)18-13/h3-9H,1-2H3,(H,15,16). The van der Waals surface area contributed by atoms with Gasteiger partial charge in [0.15, 0.2) is 5.13 Å². The Morgan fingerprint density at radius 1 is 1.22 bits per heavy atom. The molecule has 0 aliphatic heterocycles. The van der Waals surface area contributed by atoms with Crippen LogP contribution in [0.1, 0.15) is 13.8 Å². The molecule has 4 heteroatoms. The molecule has 0 aliphatic carbocycles. The SMILES string of the molecule is CC(C)Nc1nc(-c2cc3ccccc3s2)cs1. The third-order valence-corrected chi connectivity index (χ3v) is 4.51. The quantitative estimate of drug-likeness (QED) is 0.739. The largest absolute Gasteiger partial charge is 0.359 e. The summed E-state index contributed by atoms with van der Waals surface area (Å²) >= 11 is 3.47. The molecule has 0 atom stereocenters. The van der Waals surface area contributed by atoms with Gasteiger partial charge in [-0.25, -0.2) is 4.98 Å². The Balaban J connectivity index is 1.96. The first-order chi connectivity index (χ1) is 8.72. The molecule has 2 aromatic heterocycles. The van der Waals surface area contributed by atoms with Crippen molar-refractivity contribution in [1.29, 1.82) is 0 Å². The van der Waals surface area contributed by atoms with Crippen molar-refractivity contribution >= 4 is 37.9 Å². The maximum Gasteiger partial charge on any atom is 0.183 e. The molecule has 0 saturated heterocycles. The van der Waals surface area contributed by atoms with Crippen LogP contribution in [0.3, 0.4) is 0 Å².